The third kappa shape index (κ3) is 3.76. The van der Waals surface area contributed by atoms with E-state index >= 15 is 0 Å². The molecular formula is C24H23ClN4O2. The largest absolute Gasteiger partial charge is 0.348 e. The lowest BCUT2D eigenvalue weighted by molar-refractivity contribution is -0.164. The van der Waals surface area contributed by atoms with Crippen LogP contribution in [0.1, 0.15) is 37.7 Å². The predicted octanol–water partition coefficient (Wildman–Crippen LogP) is 4.45. The zero-order valence-electron chi connectivity index (χ0n) is 17.1. The molecule has 1 saturated carbocycles. The Morgan fingerprint density at radius 3 is 2.52 bits per heavy atom. The standard InChI is InChI=1S/C24H23ClN4O2/c25-19-10-9-16(14-29-15-24(22(29)30)11-5-2-6-12-24)13-18(19)21-26-20(27-23(31)28-21)17-7-3-1-4-8-17/h1,3-4,7-10,13H,2,5-6,11-12,14-15H2,(H,26,27,28,31). The average Bonchev–Trinajstić information content (AvgIpc) is 2.80. The molecule has 0 unspecified atom stereocenters. The number of H-pyrrole nitrogens is 1. The Bertz CT molecular complexity index is 1190. The van der Waals surface area contributed by atoms with Crippen LogP contribution < -0.4 is 5.69 Å². The number of β-lactam (4-membered cyclic amide) rings is 1. The van der Waals surface area contributed by atoms with E-state index in [9.17, 15) is 9.59 Å². The SMILES string of the molecule is O=C1N(Cc2ccc(Cl)c(-c3nc(-c4ccccc4)nc(=O)[nH]3)c2)CC12CCCCC2. The van der Waals surface area contributed by atoms with Crippen molar-refractivity contribution < 1.29 is 4.79 Å². The first-order valence-corrected chi connectivity index (χ1v) is 11.0. The Morgan fingerprint density at radius 2 is 1.77 bits per heavy atom. The van der Waals surface area contributed by atoms with Gasteiger partial charge in [-0.15, -0.1) is 0 Å². The van der Waals surface area contributed by atoms with Gasteiger partial charge in [-0.25, -0.2) is 9.78 Å². The van der Waals surface area contributed by atoms with Crippen molar-refractivity contribution in [2.45, 2.75) is 38.6 Å². The van der Waals surface area contributed by atoms with E-state index in [1.165, 1.54) is 6.42 Å². The summed E-state index contributed by atoms with van der Waals surface area (Å²) >= 11 is 6.45. The summed E-state index contributed by atoms with van der Waals surface area (Å²) in [6, 6.07) is 15.0. The summed E-state index contributed by atoms with van der Waals surface area (Å²) in [5.41, 5.74) is 1.74. The topological polar surface area (TPSA) is 79.0 Å². The molecule has 1 spiro atoms. The van der Waals surface area contributed by atoms with Crippen LogP contribution in [-0.2, 0) is 11.3 Å². The average molecular weight is 435 g/mol. The summed E-state index contributed by atoms with van der Waals surface area (Å²) in [7, 11) is 0. The van der Waals surface area contributed by atoms with E-state index < -0.39 is 5.69 Å². The summed E-state index contributed by atoms with van der Waals surface area (Å²) in [4.78, 5) is 38.2. The Labute approximate surface area is 185 Å². The molecule has 1 aliphatic carbocycles. The molecule has 1 amide bonds. The number of hydrogen-bond acceptors (Lipinski definition) is 4. The molecule has 1 N–H and O–H groups in total. The summed E-state index contributed by atoms with van der Waals surface area (Å²) in [5.74, 6) is 0.980. The normalized spacial score (nSPS) is 17.6. The Hall–Kier alpha value is -2.99. The lowest BCUT2D eigenvalue weighted by Crippen LogP contribution is -2.61. The number of nitrogens with one attached hydrogen (secondary N) is 1. The zero-order valence-corrected chi connectivity index (χ0v) is 17.9. The molecule has 1 aromatic heterocycles. The number of aromatic nitrogens is 3. The second-order valence-electron chi connectivity index (χ2n) is 8.51. The van der Waals surface area contributed by atoms with Gasteiger partial charge in [0.05, 0.1) is 10.4 Å². The number of nitrogens with zero attached hydrogens (tertiary/aromatic N) is 3. The van der Waals surface area contributed by atoms with E-state index in [2.05, 4.69) is 15.0 Å². The van der Waals surface area contributed by atoms with Crippen LogP contribution in [0.15, 0.2) is 53.3 Å². The molecular weight excluding hydrogens is 412 g/mol. The minimum atomic E-state index is -0.484. The molecule has 1 aliphatic heterocycles. The number of likely N-dealkylation sites (tertiary alicyclic amines) is 1. The fraction of sp³-hybridized carbons (Fsp3) is 0.333. The van der Waals surface area contributed by atoms with Gasteiger partial charge in [-0.2, -0.15) is 4.98 Å². The van der Waals surface area contributed by atoms with Gasteiger partial charge in [0, 0.05) is 24.2 Å². The van der Waals surface area contributed by atoms with Gasteiger partial charge in [0.2, 0.25) is 5.91 Å². The van der Waals surface area contributed by atoms with Crippen molar-refractivity contribution in [1.82, 2.24) is 19.9 Å². The summed E-state index contributed by atoms with van der Waals surface area (Å²) in [6.07, 6.45) is 5.56. The molecule has 6 nitrogen and oxygen atoms in total. The fourth-order valence-corrected chi connectivity index (χ4v) is 4.99. The van der Waals surface area contributed by atoms with Crippen LogP contribution in [-0.4, -0.2) is 32.3 Å². The van der Waals surface area contributed by atoms with Gasteiger partial charge in [0.15, 0.2) is 5.82 Å². The number of rotatable bonds is 4. The van der Waals surface area contributed by atoms with E-state index in [1.807, 2.05) is 47.4 Å². The third-order valence-electron chi connectivity index (χ3n) is 6.39. The quantitative estimate of drug-likeness (QED) is 0.615. The second kappa shape index (κ2) is 7.93. The predicted molar refractivity (Wildman–Crippen MR) is 119 cm³/mol. The number of carbonyl (C=O) groups excluding carboxylic acids is 1. The van der Waals surface area contributed by atoms with Crippen molar-refractivity contribution >= 4 is 17.5 Å². The van der Waals surface area contributed by atoms with Gasteiger partial charge >= 0.3 is 5.69 Å². The van der Waals surface area contributed by atoms with Crippen molar-refractivity contribution in [2.75, 3.05) is 6.54 Å². The number of carbonyl (C=O) groups is 1. The number of aromatic amines is 1. The van der Waals surface area contributed by atoms with Crippen LogP contribution in [0.3, 0.4) is 0 Å². The molecule has 2 fully saturated rings. The van der Waals surface area contributed by atoms with Gasteiger partial charge in [-0.05, 0) is 30.5 Å². The molecule has 2 aliphatic rings. The summed E-state index contributed by atoms with van der Waals surface area (Å²) in [6.45, 7) is 1.36. The molecule has 158 valence electrons. The highest BCUT2D eigenvalue weighted by Gasteiger charge is 2.51. The first-order valence-electron chi connectivity index (χ1n) is 10.7. The fourth-order valence-electron chi connectivity index (χ4n) is 4.78. The molecule has 2 heterocycles. The minimum Gasteiger partial charge on any atom is -0.337 e. The lowest BCUT2D eigenvalue weighted by Gasteiger charge is -2.51. The molecule has 2 aromatic carbocycles. The molecule has 7 heteroatoms. The number of benzene rings is 2. The van der Waals surface area contributed by atoms with Gasteiger partial charge in [0.1, 0.15) is 5.82 Å². The first kappa shape index (κ1) is 19.9. The Kier molecular flexibility index (Phi) is 5.10. The highest BCUT2D eigenvalue weighted by Crippen LogP contribution is 2.45. The Morgan fingerprint density at radius 1 is 1.00 bits per heavy atom. The van der Waals surface area contributed by atoms with E-state index in [1.54, 1.807) is 6.07 Å². The van der Waals surface area contributed by atoms with Crippen LogP contribution in [0.2, 0.25) is 5.02 Å². The first-order chi connectivity index (χ1) is 15.0. The molecule has 1 saturated heterocycles. The van der Waals surface area contributed by atoms with Crippen molar-refractivity contribution in [3.8, 4) is 22.8 Å². The highest BCUT2D eigenvalue weighted by molar-refractivity contribution is 6.33. The van der Waals surface area contributed by atoms with E-state index in [-0.39, 0.29) is 11.3 Å². The van der Waals surface area contributed by atoms with Crippen LogP contribution in [0.4, 0.5) is 0 Å². The zero-order chi connectivity index (χ0) is 21.4. The van der Waals surface area contributed by atoms with Gasteiger partial charge in [-0.1, -0.05) is 67.3 Å². The van der Waals surface area contributed by atoms with Gasteiger partial charge in [-0.3, -0.25) is 9.78 Å². The van der Waals surface area contributed by atoms with Crippen LogP contribution in [0.25, 0.3) is 22.8 Å². The highest BCUT2D eigenvalue weighted by atomic mass is 35.5. The molecule has 31 heavy (non-hydrogen) atoms. The van der Waals surface area contributed by atoms with E-state index in [4.69, 9.17) is 11.6 Å². The van der Waals surface area contributed by atoms with E-state index in [0.29, 0.717) is 28.8 Å². The molecule has 5 rings (SSSR count). The molecule has 0 bridgehead atoms. The van der Waals surface area contributed by atoms with Crippen LogP contribution in [0, 0.1) is 5.41 Å². The number of hydrogen-bond donors (Lipinski definition) is 1. The maximum atomic E-state index is 12.8. The Balaban J connectivity index is 1.42. The molecule has 3 aromatic rings. The van der Waals surface area contributed by atoms with Crippen molar-refractivity contribution in [3.05, 3.63) is 69.6 Å². The lowest BCUT2D eigenvalue weighted by atomic mass is 9.68. The van der Waals surface area contributed by atoms with Gasteiger partial charge in [0.25, 0.3) is 0 Å². The molecule has 0 atom stereocenters. The molecule has 0 radical (unpaired) electrons. The smallest absolute Gasteiger partial charge is 0.337 e. The van der Waals surface area contributed by atoms with Gasteiger partial charge < -0.3 is 4.90 Å². The monoisotopic (exact) mass is 434 g/mol. The maximum absolute atomic E-state index is 12.8. The van der Waals surface area contributed by atoms with Crippen molar-refractivity contribution in [2.24, 2.45) is 5.41 Å². The summed E-state index contributed by atoms with van der Waals surface area (Å²) < 4.78 is 0. The van der Waals surface area contributed by atoms with Crippen LogP contribution in [0.5, 0.6) is 0 Å². The maximum Gasteiger partial charge on any atom is 0.348 e. The number of amides is 1. The van der Waals surface area contributed by atoms with Crippen molar-refractivity contribution in [3.63, 3.8) is 0 Å². The minimum absolute atomic E-state index is 0.115. The van der Waals surface area contributed by atoms with Crippen LogP contribution >= 0.6 is 11.6 Å². The third-order valence-corrected chi connectivity index (χ3v) is 6.72. The second-order valence-corrected chi connectivity index (χ2v) is 8.92. The summed E-state index contributed by atoms with van der Waals surface area (Å²) in [5, 5.41) is 0.482. The number of halogens is 1. The van der Waals surface area contributed by atoms with E-state index in [0.717, 1.165) is 43.4 Å². The van der Waals surface area contributed by atoms with Crippen molar-refractivity contribution in [1.29, 1.82) is 0 Å².